The molecular formula is C20H29ClFN3O2. The Morgan fingerprint density at radius 3 is 2.44 bits per heavy atom. The fraction of sp³-hybridized carbons (Fsp3) is 0.650. The molecule has 5 nitrogen and oxygen atoms in total. The van der Waals surface area contributed by atoms with Crippen molar-refractivity contribution in [3.63, 3.8) is 0 Å². The molecule has 3 fully saturated rings. The lowest BCUT2D eigenvalue weighted by molar-refractivity contribution is -0.140. The second kappa shape index (κ2) is 8.86. The van der Waals surface area contributed by atoms with Crippen LogP contribution in [-0.2, 0) is 14.9 Å². The van der Waals surface area contributed by atoms with E-state index in [4.69, 9.17) is 4.74 Å². The number of likely N-dealkylation sites (tertiary alicyclic amines) is 1. The van der Waals surface area contributed by atoms with E-state index in [9.17, 15) is 9.18 Å². The van der Waals surface area contributed by atoms with E-state index >= 15 is 0 Å². The molecule has 4 rings (SSSR count). The fourth-order valence-corrected chi connectivity index (χ4v) is 4.69. The molecule has 1 atom stereocenters. The van der Waals surface area contributed by atoms with Crippen molar-refractivity contribution in [2.45, 2.75) is 30.7 Å². The number of carbonyl (C=O) groups is 1. The molecule has 0 aliphatic carbocycles. The van der Waals surface area contributed by atoms with Crippen LogP contribution in [0.15, 0.2) is 24.3 Å². The smallest absolute Gasteiger partial charge is 0.233 e. The van der Waals surface area contributed by atoms with E-state index in [1.807, 2.05) is 4.90 Å². The third kappa shape index (κ3) is 4.14. The average Bonchev–Trinajstić information content (AvgIpc) is 3.19. The van der Waals surface area contributed by atoms with Gasteiger partial charge in [0.05, 0.1) is 5.41 Å². The molecule has 1 unspecified atom stereocenters. The predicted molar refractivity (Wildman–Crippen MR) is 105 cm³/mol. The van der Waals surface area contributed by atoms with Gasteiger partial charge in [0, 0.05) is 58.5 Å². The minimum Gasteiger partial charge on any atom is -0.381 e. The van der Waals surface area contributed by atoms with Crippen LogP contribution in [0.25, 0.3) is 0 Å². The summed E-state index contributed by atoms with van der Waals surface area (Å²) in [6.07, 6.45) is 2.39. The summed E-state index contributed by atoms with van der Waals surface area (Å²) in [6.45, 7) is 6.96. The minimum atomic E-state index is -0.565. The normalized spacial score (nSPS) is 25.8. The Labute approximate surface area is 166 Å². The molecule has 27 heavy (non-hydrogen) atoms. The SMILES string of the molecule is Cl.O=C(N1CCC(N2CCNCC2)C1)C1(c2ccc(F)cc2)CCOCC1. The molecule has 0 aromatic heterocycles. The first kappa shape index (κ1) is 20.5. The fourth-order valence-electron chi connectivity index (χ4n) is 4.69. The number of benzene rings is 1. The second-order valence-corrected chi connectivity index (χ2v) is 7.68. The van der Waals surface area contributed by atoms with Crippen LogP contribution in [0.1, 0.15) is 24.8 Å². The van der Waals surface area contributed by atoms with Crippen LogP contribution in [0.2, 0.25) is 0 Å². The molecule has 0 bridgehead atoms. The van der Waals surface area contributed by atoms with Crippen molar-refractivity contribution in [3.8, 4) is 0 Å². The van der Waals surface area contributed by atoms with E-state index in [1.54, 1.807) is 12.1 Å². The van der Waals surface area contributed by atoms with Crippen molar-refractivity contribution >= 4 is 18.3 Å². The van der Waals surface area contributed by atoms with Crippen molar-refractivity contribution in [2.75, 3.05) is 52.5 Å². The van der Waals surface area contributed by atoms with Gasteiger partial charge in [-0.15, -0.1) is 12.4 Å². The van der Waals surface area contributed by atoms with Crippen LogP contribution in [0.3, 0.4) is 0 Å². The zero-order valence-electron chi connectivity index (χ0n) is 15.7. The summed E-state index contributed by atoms with van der Waals surface area (Å²) in [6, 6.07) is 6.96. The van der Waals surface area contributed by atoms with Crippen LogP contribution < -0.4 is 5.32 Å². The standard InChI is InChI=1S/C20H28FN3O2.ClH/c21-17-3-1-16(2-4-17)20(6-13-26-14-7-20)19(25)24-10-5-18(15-24)23-11-8-22-9-12-23;/h1-4,18,22H,5-15H2;1H. The third-order valence-corrected chi connectivity index (χ3v) is 6.27. The first-order chi connectivity index (χ1) is 12.7. The Morgan fingerprint density at radius 1 is 1.11 bits per heavy atom. The summed E-state index contributed by atoms with van der Waals surface area (Å²) in [7, 11) is 0. The van der Waals surface area contributed by atoms with Crippen molar-refractivity contribution < 1.29 is 13.9 Å². The number of halogens is 2. The summed E-state index contributed by atoms with van der Waals surface area (Å²) < 4.78 is 18.9. The molecule has 150 valence electrons. The van der Waals surface area contributed by atoms with Crippen molar-refractivity contribution in [2.24, 2.45) is 0 Å². The van der Waals surface area contributed by atoms with Gasteiger partial charge in [0.1, 0.15) is 5.82 Å². The minimum absolute atomic E-state index is 0. The molecular weight excluding hydrogens is 369 g/mol. The Hall–Kier alpha value is -1.21. The molecule has 3 aliphatic heterocycles. The van der Waals surface area contributed by atoms with Crippen LogP contribution in [0.5, 0.6) is 0 Å². The van der Waals surface area contributed by atoms with E-state index in [1.165, 1.54) is 12.1 Å². The zero-order chi connectivity index (χ0) is 18.0. The van der Waals surface area contributed by atoms with Gasteiger partial charge in [-0.1, -0.05) is 12.1 Å². The molecule has 1 N–H and O–H groups in total. The van der Waals surface area contributed by atoms with Crippen molar-refractivity contribution in [3.05, 3.63) is 35.6 Å². The summed E-state index contributed by atoms with van der Waals surface area (Å²) in [4.78, 5) is 18.1. The molecule has 3 heterocycles. The molecule has 1 aromatic carbocycles. The molecule has 0 radical (unpaired) electrons. The van der Waals surface area contributed by atoms with Crippen LogP contribution in [0.4, 0.5) is 4.39 Å². The Kier molecular flexibility index (Phi) is 6.74. The first-order valence-electron chi connectivity index (χ1n) is 9.77. The predicted octanol–water partition coefficient (Wildman–Crippen LogP) is 1.80. The molecule has 0 spiro atoms. The Bertz CT molecular complexity index is 631. The third-order valence-electron chi connectivity index (χ3n) is 6.27. The highest BCUT2D eigenvalue weighted by Crippen LogP contribution is 2.38. The number of hydrogen-bond acceptors (Lipinski definition) is 4. The maximum atomic E-state index is 13.6. The Morgan fingerprint density at radius 2 is 1.78 bits per heavy atom. The van der Waals surface area contributed by atoms with E-state index in [2.05, 4.69) is 10.2 Å². The van der Waals surface area contributed by atoms with Gasteiger partial charge < -0.3 is 15.0 Å². The van der Waals surface area contributed by atoms with E-state index in [-0.39, 0.29) is 24.1 Å². The quantitative estimate of drug-likeness (QED) is 0.844. The van der Waals surface area contributed by atoms with Gasteiger partial charge >= 0.3 is 0 Å². The van der Waals surface area contributed by atoms with Gasteiger partial charge in [-0.05, 0) is 37.0 Å². The van der Waals surface area contributed by atoms with Crippen LogP contribution in [0, 0.1) is 5.82 Å². The summed E-state index contributed by atoms with van der Waals surface area (Å²) >= 11 is 0. The molecule has 1 amide bonds. The number of carbonyl (C=O) groups excluding carboxylic acids is 1. The monoisotopic (exact) mass is 397 g/mol. The average molecular weight is 398 g/mol. The van der Waals surface area contributed by atoms with Gasteiger partial charge in [0.15, 0.2) is 0 Å². The lowest BCUT2D eigenvalue weighted by Crippen LogP contribution is -2.52. The number of nitrogens with zero attached hydrogens (tertiary/aromatic N) is 2. The van der Waals surface area contributed by atoms with Gasteiger partial charge in [0.2, 0.25) is 5.91 Å². The molecule has 1 aromatic rings. The van der Waals surface area contributed by atoms with Crippen molar-refractivity contribution in [1.82, 2.24) is 15.1 Å². The molecule has 0 saturated carbocycles. The van der Waals surface area contributed by atoms with E-state index in [0.29, 0.717) is 32.1 Å². The van der Waals surface area contributed by atoms with Gasteiger partial charge in [-0.25, -0.2) is 4.39 Å². The summed E-state index contributed by atoms with van der Waals surface area (Å²) in [5.74, 6) is -0.0617. The lowest BCUT2D eigenvalue weighted by Gasteiger charge is -2.39. The summed E-state index contributed by atoms with van der Waals surface area (Å²) in [5.41, 5.74) is 0.363. The number of rotatable bonds is 3. The topological polar surface area (TPSA) is 44.8 Å². The molecule has 7 heteroatoms. The van der Waals surface area contributed by atoms with Crippen molar-refractivity contribution in [1.29, 1.82) is 0 Å². The Balaban J connectivity index is 0.00000210. The zero-order valence-corrected chi connectivity index (χ0v) is 16.5. The maximum Gasteiger partial charge on any atom is 0.233 e. The number of piperazine rings is 1. The number of nitrogens with one attached hydrogen (secondary N) is 1. The van der Waals surface area contributed by atoms with Crippen LogP contribution >= 0.6 is 12.4 Å². The highest BCUT2D eigenvalue weighted by atomic mass is 35.5. The number of hydrogen-bond donors (Lipinski definition) is 1. The summed E-state index contributed by atoms with van der Waals surface area (Å²) in [5, 5.41) is 3.39. The molecule has 3 saturated heterocycles. The lowest BCUT2D eigenvalue weighted by atomic mass is 9.73. The highest BCUT2D eigenvalue weighted by molar-refractivity contribution is 5.88. The van der Waals surface area contributed by atoms with E-state index in [0.717, 1.165) is 51.3 Å². The van der Waals surface area contributed by atoms with Gasteiger partial charge in [0.25, 0.3) is 0 Å². The number of amides is 1. The first-order valence-corrected chi connectivity index (χ1v) is 9.77. The number of ether oxygens (including phenoxy) is 1. The second-order valence-electron chi connectivity index (χ2n) is 7.68. The largest absolute Gasteiger partial charge is 0.381 e. The van der Waals surface area contributed by atoms with E-state index < -0.39 is 5.41 Å². The molecule has 3 aliphatic rings. The maximum absolute atomic E-state index is 13.6. The van der Waals surface area contributed by atoms with Crippen LogP contribution in [-0.4, -0.2) is 74.2 Å². The van der Waals surface area contributed by atoms with Gasteiger partial charge in [-0.2, -0.15) is 0 Å². The van der Waals surface area contributed by atoms with Gasteiger partial charge in [-0.3, -0.25) is 9.69 Å². The highest BCUT2D eigenvalue weighted by Gasteiger charge is 2.46.